The predicted molar refractivity (Wildman–Crippen MR) is 113 cm³/mol. The maximum Gasteiger partial charge on any atom is 0.212 e. The van der Waals surface area contributed by atoms with Crippen LogP contribution in [-0.2, 0) is 14.9 Å². The summed E-state index contributed by atoms with van der Waals surface area (Å²) < 4.78 is 21.1. The molecule has 0 saturated heterocycles. The van der Waals surface area contributed by atoms with E-state index in [9.17, 15) is 5.11 Å². The van der Waals surface area contributed by atoms with Crippen molar-refractivity contribution in [3.8, 4) is 11.5 Å². The van der Waals surface area contributed by atoms with E-state index >= 15 is 0 Å². The van der Waals surface area contributed by atoms with Gasteiger partial charge in [0.05, 0.1) is 6.61 Å². The highest BCUT2D eigenvalue weighted by Crippen LogP contribution is 2.33. The van der Waals surface area contributed by atoms with Crippen molar-refractivity contribution in [2.24, 2.45) is 0 Å². The van der Waals surface area contributed by atoms with E-state index in [0.29, 0.717) is 19.0 Å². The highest BCUT2D eigenvalue weighted by Gasteiger charge is 2.23. The van der Waals surface area contributed by atoms with Crippen molar-refractivity contribution in [1.29, 1.82) is 0 Å². The average molecular weight is 406 g/mol. The molecule has 3 N–H and O–H groups in total. The summed E-state index contributed by atoms with van der Waals surface area (Å²) >= 11 is 0. The highest BCUT2D eigenvalue weighted by molar-refractivity contribution is 5.41. The average Bonchev–Trinajstić information content (AvgIpc) is 2.72. The lowest BCUT2D eigenvalue weighted by molar-refractivity contribution is 0.0325. The summed E-state index contributed by atoms with van der Waals surface area (Å²) in [6.07, 6.45) is -1.04. The second kappa shape index (κ2) is 11.2. The fraction of sp³-hybridized carbons (Fsp3) is 0.478. The van der Waals surface area contributed by atoms with Crippen molar-refractivity contribution in [3.63, 3.8) is 0 Å². The quantitative estimate of drug-likeness (QED) is 0.549. The van der Waals surface area contributed by atoms with Gasteiger partial charge in [-0.1, -0.05) is 38.1 Å². The smallest absolute Gasteiger partial charge is 0.212 e. The highest BCUT2D eigenvalue weighted by atomic mass is 16.5. The Bertz CT molecular complexity index is 650. The van der Waals surface area contributed by atoms with Crippen LogP contribution in [0.2, 0.25) is 0 Å². The monoisotopic (exact) mass is 405 g/mol. The van der Waals surface area contributed by atoms with Crippen LogP contribution in [0.15, 0.2) is 48.5 Å². The van der Waals surface area contributed by atoms with Gasteiger partial charge >= 0.3 is 0 Å². The molecule has 160 valence electrons. The molecule has 0 spiro atoms. The molecule has 6 heteroatoms. The molecule has 0 fully saturated rings. The Balaban J connectivity index is 1.98. The molecule has 2 unspecified atom stereocenters. The van der Waals surface area contributed by atoms with Crippen LogP contribution in [0.25, 0.3) is 0 Å². The van der Waals surface area contributed by atoms with Gasteiger partial charge in [0.25, 0.3) is 0 Å². The van der Waals surface area contributed by atoms with Gasteiger partial charge in [0.2, 0.25) is 6.10 Å². The zero-order chi connectivity index (χ0) is 21.3. The van der Waals surface area contributed by atoms with Gasteiger partial charge in [0, 0.05) is 19.6 Å². The number of hydrogen-bond acceptors (Lipinski definition) is 5. The van der Waals surface area contributed by atoms with Crippen molar-refractivity contribution in [1.82, 2.24) is 0 Å². The molecule has 2 aromatic carbocycles. The Kier molecular flexibility index (Phi) is 8.92. The lowest BCUT2D eigenvalue weighted by atomic mass is 9.78. The van der Waals surface area contributed by atoms with Crippen molar-refractivity contribution in [2.75, 3.05) is 40.6 Å². The standard InChI is InChI=1S/C23H32O6/c1-23(2,17-5-9-21(10-6-17)28-15-19(24)13-26-3)18-7-11-22(12-8-18)29-16-20(25)14-27-4/h5-12,19-20,24-25H,13-16H2,1-4H3/p+1. The molecule has 0 aliphatic rings. The van der Waals surface area contributed by atoms with Crippen LogP contribution >= 0.6 is 0 Å². The first kappa shape index (κ1) is 23.2. The minimum Gasteiger partial charge on any atom is -0.491 e. The summed E-state index contributed by atoms with van der Waals surface area (Å²) in [7, 11) is 3.13. The molecule has 2 atom stereocenters. The van der Waals surface area contributed by atoms with E-state index in [1.165, 1.54) is 0 Å². The zero-order valence-corrected chi connectivity index (χ0v) is 17.7. The predicted octanol–water partition coefficient (Wildman–Crippen LogP) is 2.52. The molecule has 2 rings (SSSR count). The van der Waals surface area contributed by atoms with Crippen molar-refractivity contribution in [3.05, 3.63) is 59.7 Å². The Labute approximate surface area is 173 Å². The van der Waals surface area contributed by atoms with Crippen LogP contribution in [0.5, 0.6) is 11.5 Å². The molecular formula is C23H33O6+. The van der Waals surface area contributed by atoms with Crippen LogP contribution in [0.4, 0.5) is 0 Å². The van der Waals surface area contributed by atoms with E-state index in [1.807, 2.05) is 36.4 Å². The van der Waals surface area contributed by atoms with Crippen LogP contribution in [0.1, 0.15) is 25.0 Å². The Morgan fingerprint density at radius 1 is 0.759 bits per heavy atom. The Morgan fingerprint density at radius 3 is 1.66 bits per heavy atom. The number of rotatable bonds is 12. The maximum atomic E-state index is 9.68. The van der Waals surface area contributed by atoms with Gasteiger partial charge in [-0.25, -0.2) is 0 Å². The van der Waals surface area contributed by atoms with Gasteiger partial charge in [-0.2, -0.15) is 0 Å². The topological polar surface area (TPSA) is 80.0 Å². The first-order valence-corrected chi connectivity index (χ1v) is 9.70. The molecule has 0 aliphatic heterocycles. The van der Waals surface area contributed by atoms with Gasteiger partial charge in [-0.05, 0) is 35.4 Å². The van der Waals surface area contributed by atoms with Gasteiger partial charge < -0.3 is 29.2 Å². The summed E-state index contributed by atoms with van der Waals surface area (Å²) in [4.78, 5) is 0. The third-order valence-electron chi connectivity index (χ3n) is 4.77. The number of hydrogen-bond donors (Lipinski definition) is 1. The van der Waals surface area contributed by atoms with Crippen LogP contribution in [0.3, 0.4) is 0 Å². The molecule has 6 nitrogen and oxygen atoms in total. The van der Waals surface area contributed by atoms with Crippen LogP contribution in [-0.4, -0.2) is 63.1 Å². The second-order valence-electron chi connectivity index (χ2n) is 7.56. The first-order chi connectivity index (χ1) is 13.9. The Hall–Kier alpha value is -2.12. The summed E-state index contributed by atoms with van der Waals surface area (Å²) in [6, 6.07) is 15.9. The number of benzene rings is 2. The van der Waals surface area contributed by atoms with E-state index in [4.69, 9.17) is 24.1 Å². The van der Waals surface area contributed by atoms with Gasteiger partial charge in [0.15, 0.2) is 6.61 Å². The summed E-state index contributed by atoms with van der Waals surface area (Å²) in [6.45, 7) is 5.44. The number of ether oxygens (including phenoxy) is 4. The minimum atomic E-state index is -0.642. The van der Waals surface area contributed by atoms with Crippen molar-refractivity contribution >= 4 is 0 Å². The third kappa shape index (κ3) is 7.01. The Morgan fingerprint density at radius 2 is 1.21 bits per heavy atom. The molecule has 29 heavy (non-hydrogen) atoms. The largest absolute Gasteiger partial charge is 0.491 e. The third-order valence-corrected chi connectivity index (χ3v) is 4.77. The summed E-state index contributed by atoms with van der Waals surface area (Å²) in [5, 5.41) is 17.5. The molecule has 0 radical (unpaired) electrons. The van der Waals surface area contributed by atoms with Gasteiger partial charge in [0.1, 0.15) is 30.8 Å². The SMILES string of the molecule is COCC(O)COc1ccc(C(C)(C)c2ccc(OCC([OH2+])COC)cc2)cc1. The lowest BCUT2D eigenvalue weighted by Crippen LogP contribution is -2.23. The molecule has 0 aliphatic carbocycles. The van der Waals surface area contributed by atoms with E-state index < -0.39 is 12.2 Å². The van der Waals surface area contributed by atoms with E-state index in [1.54, 1.807) is 14.2 Å². The summed E-state index contributed by atoms with van der Waals surface area (Å²) in [5.41, 5.74) is 2.12. The minimum absolute atomic E-state index is 0.194. The van der Waals surface area contributed by atoms with E-state index in [2.05, 4.69) is 26.0 Å². The molecule has 2 aromatic rings. The molecule has 0 aromatic heterocycles. The molecule has 0 saturated carbocycles. The van der Waals surface area contributed by atoms with Crippen molar-refractivity contribution in [2.45, 2.75) is 31.5 Å². The molecule has 0 bridgehead atoms. The van der Waals surface area contributed by atoms with Crippen molar-refractivity contribution < 1.29 is 29.2 Å². The molecular weight excluding hydrogens is 372 g/mol. The first-order valence-electron chi connectivity index (χ1n) is 9.70. The van der Waals surface area contributed by atoms with Gasteiger partial charge in [-0.15, -0.1) is 0 Å². The van der Waals surface area contributed by atoms with E-state index in [0.717, 1.165) is 16.9 Å². The number of methoxy groups -OCH3 is 2. The fourth-order valence-corrected chi connectivity index (χ4v) is 2.98. The molecule has 0 heterocycles. The number of aliphatic hydroxyl groups is 1. The van der Waals surface area contributed by atoms with E-state index in [-0.39, 0.29) is 18.6 Å². The lowest BCUT2D eigenvalue weighted by Gasteiger charge is -2.26. The molecule has 0 amide bonds. The normalized spacial score (nSPS) is 13.7. The number of aliphatic hydroxyl groups excluding tert-OH is 1. The van der Waals surface area contributed by atoms with Crippen LogP contribution < -0.4 is 9.47 Å². The fourth-order valence-electron chi connectivity index (χ4n) is 2.98. The maximum absolute atomic E-state index is 9.68. The second-order valence-corrected chi connectivity index (χ2v) is 7.56. The van der Waals surface area contributed by atoms with Gasteiger partial charge in [-0.3, -0.25) is 0 Å². The summed E-state index contributed by atoms with van der Waals surface area (Å²) in [5.74, 6) is 1.46. The van der Waals surface area contributed by atoms with Crippen LogP contribution in [0, 0.1) is 0 Å². The zero-order valence-electron chi connectivity index (χ0n) is 17.7.